The van der Waals surface area contributed by atoms with Crippen LogP contribution in [0.15, 0.2) is 24.3 Å². The Balaban J connectivity index is 1.95. The number of ketones is 1. The number of aryl methyl sites for hydroxylation is 1. The lowest BCUT2D eigenvalue weighted by atomic mass is 10.1. The highest BCUT2D eigenvalue weighted by Crippen LogP contribution is 2.08. The number of Topliss-reactive ketones (excluding diaryl/α,β-unsaturated/α-hetero) is 1. The number of piperazine rings is 1. The number of likely N-dealkylation sites (N-methyl/N-ethyl adjacent to an activating group) is 1. The molecule has 0 spiro atoms. The van der Waals surface area contributed by atoms with Crippen LogP contribution in [0.3, 0.4) is 0 Å². The average molecular weight is 260 g/mol. The van der Waals surface area contributed by atoms with E-state index in [0.717, 1.165) is 18.5 Å². The molecule has 4 heteroatoms. The zero-order valence-corrected chi connectivity index (χ0v) is 11.6. The van der Waals surface area contributed by atoms with Crippen LogP contribution in [0.2, 0.25) is 0 Å². The number of rotatable bonds is 4. The molecule has 1 aromatic rings. The van der Waals surface area contributed by atoms with Crippen LogP contribution in [0.25, 0.3) is 0 Å². The summed E-state index contributed by atoms with van der Waals surface area (Å²) in [6, 6.07) is 7.73. The van der Waals surface area contributed by atoms with E-state index in [-0.39, 0.29) is 11.7 Å². The zero-order chi connectivity index (χ0) is 13.8. The highest BCUT2D eigenvalue weighted by Gasteiger charge is 2.22. The Kier molecular flexibility index (Phi) is 4.32. The van der Waals surface area contributed by atoms with Crippen molar-refractivity contribution in [1.29, 1.82) is 0 Å². The molecule has 2 rings (SSSR count). The monoisotopic (exact) mass is 260 g/mol. The standard InChI is InChI=1S/C15H20N2O2/c1-3-12-4-6-13(7-5-12)14(18)10-17-9-8-16(2)15(19)11-17/h4-7H,3,8-11H2,1-2H3. The highest BCUT2D eigenvalue weighted by molar-refractivity contribution is 5.98. The van der Waals surface area contributed by atoms with E-state index in [1.807, 2.05) is 29.2 Å². The Morgan fingerprint density at radius 3 is 2.47 bits per heavy atom. The van der Waals surface area contributed by atoms with Crippen molar-refractivity contribution in [2.75, 3.05) is 33.2 Å². The number of carbonyl (C=O) groups excluding carboxylic acids is 2. The number of nitrogens with zero attached hydrogens (tertiary/aromatic N) is 2. The van der Waals surface area contributed by atoms with E-state index in [4.69, 9.17) is 0 Å². The van der Waals surface area contributed by atoms with E-state index < -0.39 is 0 Å². The van der Waals surface area contributed by atoms with Crippen LogP contribution in [0.5, 0.6) is 0 Å². The first-order valence-electron chi connectivity index (χ1n) is 6.68. The number of hydrogen-bond acceptors (Lipinski definition) is 3. The van der Waals surface area contributed by atoms with E-state index in [9.17, 15) is 9.59 Å². The molecule has 19 heavy (non-hydrogen) atoms. The smallest absolute Gasteiger partial charge is 0.236 e. The van der Waals surface area contributed by atoms with Gasteiger partial charge in [0.05, 0.1) is 13.1 Å². The molecule has 1 aliphatic rings. The van der Waals surface area contributed by atoms with Gasteiger partial charge in [0.2, 0.25) is 5.91 Å². The number of carbonyl (C=O) groups is 2. The van der Waals surface area contributed by atoms with Gasteiger partial charge in [0.25, 0.3) is 0 Å². The molecular formula is C15H20N2O2. The van der Waals surface area contributed by atoms with Gasteiger partial charge in [0, 0.05) is 25.7 Å². The molecule has 0 radical (unpaired) electrons. The third kappa shape index (κ3) is 3.41. The summed E-state index contributed by atoms with van der Waals surface area (Å²) >= 11 is 0. The fourth-order valence-corrected chi connectivity index (χ4v) is 2.16. The van der Waals surface area contributed by atoms with Crippen molar-refractivity contribution in [3.63, 3.8) is 0 Å². The molecule has 1 heterocycles. The van der Waals surface area contributed by atoms with Crippen molar-refractivity contribution in [3.8, 4) is 0 Å². The molecule has 102 valence electrons. The van der Waals surface area contributed by atoms with Crippen LogP contribution in [0.4, 0.5) is 0 Å². The van der Waals surface area contributed by atoms with Crippen LogP contribution in [-0.4, -0.2) is 54.7 Å². The SMILES string of the molecule is CCc1ccc(C(=O)CN2CCN(C)C(=O)C2)cc1. The molecule has 0 bridgehead atoms. The van der Waals surface area contributed by atoms with Gasteiger partial charge < -0.3 is 4.90 Å². The van der Waals surface area contributed by atoms with Gasteiger partial charge >= 0.3 is 0 Å². The molecule has 0 saturated carbocycles. The van der Waals surface area contributed by atoms with Gasteiger partial charge in [0.15, 0.2) is 5.78 Å². The van der Waals surface area contributed by atoms with Gasteiger partial charge in [-0.1, -0.05) is 31.2 Å². The average Bonchev–Trinajstić information content (AvgIpc) is 2.43. The van der Waals surface area contributed by atoms with Crippen LogP contribution in [0, 0.1) is 0 Å². The highest BCUT2D eigenvalue weighted by atomic mass is 16.2. The Morgan fingerprint density at radius 2 is 1.89 bits per heavy atom. The zero-order valence-electron chi connectivity index (χ0n) is 11.6. The Labute approximate surface area is 114 Å². The Bertz CT molecular complexity index is 468. The van der Waals surface area contributed by atoms with Gasteiger partial charge in [-0.15, -0.1) is 0 Å². The van der Waals surface area contributed by atoms with Crippen molar-refractivity contribution in [2.45, 2.75) is 13.3 Å². The molecule has 1 aromatic carbocycles. The molecule has 0 unspecified atom stereocenters. The number of hydrogen-bond donors (Lipinski definition) is 0. The fraction of sp³-hybridized carbons (Fsp3) is 0.467. The fourth-order valence-electron chi connectivity index (χ4n) is 2.16. The minimum absolute atomic E-state index is 0.0833. The lowest BCUT2D eigenvalue weighted by Gasteiger charge is -2.31. The minimum atomic E-state index is 0.0833. The van der Waals surface area contributed by atoms with Crippen molar-refractivity contribution in [1.82, 2.24) is 9.80 Å². The molecule has 0 aliphatic carbocycles. The number of benzene rings is 1. The number of amides is 1. The van der Waals surface area contributed by atoms with Crippen LogP contribution in [0.1, 0.15) is 22.8 Å². The normalized spacial score (nSPS) is 16.7. The maximum atomic E-state index is 12.1. The molecule has 1 amide bonds. The maximum absolute atomic E-state index is 12.1. The van der Waals surface area contributed by atoms with E-state index in [1.165, 1.54) is 5.56 Å². The predicted octanol–water partition coefficient (Wildman–Crippen LogP) is 1.21. The second-order valence-electron chi connectivity index (χ2n) is 5.00. The first kappa shape index (κ1) is 13.7. The van der Waals surface area contributed by atoms with Crippen molar-refractivity contribution in [2.24, 2.45) is 0 Å². The Hall–Kier alpha value is -1.68. The summed E-state index contributed by atoms with van der Waals surface area (Å²) in [5.41, 5.74) is 1.95. The third-order valence-corrected chi connectivity index (χ3v) is 3.59. The van der Waals surface area contributed by atoms with E-state index in [1.54, 1.807) is 11.9 Å². The van der Waals surface area contributed by atoms with E-state index >= 15 is 0 Å². The first-order valence-corrected chi connectivity index (χ1v) is 6.68. The first-order chi connectivity index (χ1) is 9.10. The van der Waals surface area contributed by atoms with Gasteiger partial charge in [0.1, 0.15) is 0 Å². The molecule has 0 aromatic heterocycles. The van der Waals surface area contributed by atoms with E-state index in [0.29, 0.717) is 19.6 Å². The lowest BCUT2D eigenvalue weighted by Crippen LogP contribution is -2.49. The summed E-state index contributed by atoms with van der Waals surface area (Å²) in [7, 11) is 1.80. The second kappa shape index (κ2) is 5.97. The van der Waals surface area contributed by atoms with Crippen LogP contribution in [-0.2, 0) is 11.2 Å². The molecular weight excluding hydrogens is 240 g/mol. The minimum Gasteiger partial charge on any atom is -0.343 e. The summed E-state index contributed by atoms with van der Waals surface area (Å²) in [6.07, 6.45) is 0.974. The van der Waals surface area contributed by atoms with Crippen LogP contribution < -0.4 is 0 Å². The topological polar surface area (TPSA) is 40.6 Å². The van der Waals surface area contributed by atoms with Gasteiger partial charge in [-0.05, 0) is 12.0 Å². The van der Waals surface area contributed by atoms with Crippen molar-refractivity contribution in [3.05, 3.63) is 35.4 Å². The molecule has 1 fully saturated rings. The molecule has 4 nitrogen and oxygen atoms in total. The van der Waals surface area contributed by atoms with Gasteiger partial charge in [-0.3, -0.25) is 14.5 Å². The van der Waals surface area contributed by atoms with Crippen molar-refractivity contribution < 1.29 is 9.59 Å². The molecule has 1 aliphatic heterocycles. The lowest BCUT2D eigenvalue weighted by molar-refractivity contribution is -0.134. The molecule has 1 saturated heterocycles. The summed E-state index contributed by atoms with van der Waals surface area (Å²) in [5, 5.41) is 0. The quantitative estimate of drug-likeness (QED) is 0.764. The summed E-state index contributed by atoms with van der Waals surface area (Å²) in [6.45, 7) is 4.22. The maximum Gasteiger partial charge on any atom is 0.236 e. The van der Waals surface area contributed by atoms with Crippen molar-refractivity contribution >= 4 is 11.7 Å². The van der Waals surface area contributed by atoms with Gasteiger partial charge in [-0.2, -0.15) is 0 Å². The third-order valence-electron chi connectivity index (χ3n) is 3.59. The van der Waals surface area contributed by atoms with Gasteiger partial charge in [-0.25, -0.2) is 0 Å². The molecule has 0 atom stereocenters. The predicted molar refractivity (Wildman–Crippen MR) is 74.2 cm³/mol. The largest absolute Gasteiger partial charge is 0.343 e. The Morgan fingerprint density at radius 1 is 1.21 bits per heavy atom. The summed E-state index contributed by atoms with van der Waals surface area (Å²) in [4.78, 5) is 27.3. The van der Waals surface area contributed by atoms with Crippen LogP contribution >= 0.6 is 0 Å². The summed E-state index contributed by atoms with van der Waals surface area (Å²) < 4.78 is 0. The second-order valence-corrected chi connectivity index (χ2v) is 5.00. The summed E-state index contributed by atoms with van der Waals surface area (Å²) in [5.74, 6) is 0.167. The molecule has 0 N–H and O–H groups in total. The van der Waals surface area contributed by atoms with E-state index in [2.05, 4.69) is 6.92 Å².